The molecule has 3 nitrogen and oxygen atoms in total. The van der Waals surface area contributed by atoms with Crippen LogP contribution in [-0.4, -0.2) is 25.1 Å². The van der Waals surface area contributed by atoms with Crippen LogP contribution in [0.15, 0.2) is 12.3 Å². The number of rotatable bonds is 4. The van der Waals surface area contributed by atoms with Gasteiger partial charge in [0.25, 0.3) is 0 Å². The number of nitrogens with zero attached hydrogens (tertiary/aromatic N) is 2. The highest BCUT2D eigenvalue weighted by Gasteiger charge is 2.19. The summed E-state index contributed by atoms with van der Waals surface area (Å²) in [6.45, 7) is 7.67. The molecule has 0 amide bonds. The molecule has 1 aliphatic rings. The zero-order valence-electron chi connectivity index (χ0n) is 11.9. The van der Waals surface area contributed by atoms with Crippen molar-refractivity contribution in [1.82, 2.24) is 10.3 Å². The molecule has 1 fully saturated rings. The fourth-order valence-electron chi connectivity index (χ4n) is 2.78. The Hall–Kier alpha value is -1.09. The molecule has 0 bridgehead atoms. The van der Waals surface area contributed by atoms with Gasteiger partial charge in [0.05, 0.1) is 0 Å². The summed E-state index contributed by atoms with van der Waals surface area (Å²) in [5.41, 5.74) is 3.81. The minimum Gasteiger partial charge on any atom is -0.371 e. The van der Waals surface area contributed by atoms with Gasteiger partial charge >= 0.3 is 0 Å². The minimum atomic E-state index is 0.899. The van der Waals surface area contributed by atoms with E-state index in [0.717, 1.165) is 18.2 Å². The van der Waals surface area contributed by atoms with Gasteiger partial charge in [-0.25, -0.2) is 0 Å². The molecule has 0 unspecified atom stereocenters. The van der Waals surface area contributed by atoms with E-state index in [1.807, 2.05) is 13.2 Å². The molecule has 1 aromatic heterocycles. The maximum absolute atomic E-state index is 4.42. The van der Waals surface area contributed by atoms with Crippen molar-refractivity contribution in [2.75, 3.05) is 25.0 Å². The lowest BCUT2D eigenvalue weighted by Crippen LogP contribution is -2.34. The Kier molecular flexibility index (Phi) is 4.59. The topological polar surface area (TPSA) is 28.2 Å². The number of hydrogen-bond donors (Lipinski definition) is 1. The van der Waals surface area contributed by atoms with Crippen molar-refractivity contribution in [3.63, 3.8) is 0 Å². The van der Waals surface area contributed by atoms with Crippen LogP contribution in [0.3, 0.4) is 0 Å². The van der Waals surface area contributed by atoms with Gasteiger partial charge in [-0.05, 0) is 38.8 Å². The first kappa shape index (κ1) is 13.3. The summed E-state index contributed by atoms with van der Waals surface area (Å²) in [5.74, 6) is 0.928. The van der Waals surface area contributed by atoms with Gasteiger partial charge in [-0.3, -0.25) is 4.98 Å². The summed E-state index contributed by atoms with van der Waals surface area (Å²) < 4.78 is 0. The van der Waals surface area contributed by atoms with Gasteiger partial charge in [-0.1, -0.05) is 13.3 Å². The predicted molar refractivity (Wildman–Crippen MR) is 77.0 cm³/mol. The Balaban J connectivity index is 2.14. The highest BCUT2D eigenvalue weighted by molar-refractivity contribution is 5.54. The second-order valence-corrected chi connectivity index (χ2v) is 5.32. The molecule has 3 heteroatoms. The average molecular weight is 247 g/mol. The second-order valence-electron chi connectivity index (χ2n) is 5.32. The van der Waals surface area contributed by atoms with Crippen LogP contribution in [0.5, 0.6) is 0 Å². The van der Waals surface area contributed by atoms with Gasteiger partial charge in [-0.15, -0.1) is 0 Å². The van der Waals surface area contributed by atoms with Crippen molar-refractivity contribution in [3.8, 4) is 0 Å². The Morgan fingerprint density at radius 1 is 1.39 bits per heavy atom. The Morgan fingerprint density at radius 3 is 2.72 bits per heavy atom. The molecule has 0 atom stereocenters. The molecule has 1 N–H and O–H groups in total. The average Bonchev–Trinajstić information content (AvgIpc) is 2.41. The Bertz CT molecular complexity index is 381. The van der Waals surface area contributed by atoms with E-state index in [2.05, 4.69) is 35.1 Å². The molecule has 100 valence electrons. The van der Waals surface area contributed by atoms with E-state index in [-0.39, 0.29) is 0 Å². The summed E-state index contributed by atoms with van der Waals surface area (Å²) >= 11 is 0. The predicted octanol–water partition coefficient (Wildman–Crippen LogP) is 2.74. The van der Waals surface area contributed by atoms with E-state index in [1.165, 1.54) is 43.6 Å². The van der Waals surface area contributed by atoms with Crippen molar-refractivity contribution < 1.29 is 0 Å². The first-order valence-electron chi connectivity index (χ1n) is 7.09. The molecule has 0 aliphatic carbocycles. The largest absolute Gasteiger partial charge is 0.371 e. The van der Waals surface area contributed by atoms with Crippen LogP contribution in [-0.2, 0) is 6.54 Å². The normalized spacial score (nSPS) is 17.2. The van der Waals surface area contributed by atoms with Gasteiger partial charge in [-0.2, -0.15) is 0 Å². The number of pyridine rings is 1. The number of piperidine rings is 1. The zero-order valence-corrected chi connectivity index (χ0v) is 11.9. The maximum atomic E-state index is 4.42. The van der Waals surface area contributed by atoms with Crippen LogP contribution in [0.4, 0.5) is 5.69 Å². The molecule has 18 heavy (non-hydrogen) atoms. The second kappa shape index (κ2) is 6.19. The molecule has 1 aliphatic heterocycles. The molecule has 1 aromatic rings. The van der Waals surface area contributed by atoms with E-state index in [0.29, 0.717) is 0 Å². The third kappa shape index (κ3) is 3.02. The van der Waals surface area contributed by atoms with Crippen LogP contribution < -0.4 is 10.2 Å². The van der Waals surface area contributed by atoms with Gasteiger partial charge in [0.2, 0.25) is 0 Å². The summed E-state index contributed by atoms with van der Waals surface area (Å²) in [6.07, 6.45) is 6.01. The summed E-state index contributed by atoms with van der Waals surface area (Å²) in [4.78, 5) is 6.95. The third-order valence-corrected chi connectivity index (χ3v) is 4.00. The summed E-state index contributed by atoms with van der Waals surface area (Å²) in [6, 6.07) is 2.24. The lowest BCUT2D eigenvalue weighted by Gasteiger charge is -2.34. The molecule has 0 radical (unpaired) electrons. The number of aromatic nitrogens is 1. The van der Waals surface area contributed by atoms with Crippen molar-refractivity contribution in [3.05, 3.63) is 23.5 Å². The van der Waals surface area contributed by atoms with Gasteiger partial charge in [0.15, 0.2) is 0 Å². The maximum Gasteiger partial charge on any atom is 0.0445 e. The van der Waals surface area contributed by atoms with E-state index in [1.54, 1.807) is 0 Å². The Morgan fingerprint density at radius 2 is 2.11 bits per heavy atom. The fraction of sp³-hybridized carbons (Fsp3) is 0.667. The minimum absolute atomic E-state index is 0.899. The SMILES string of the molecule is CCC1CCN(c2cc(C)ncc2CNC)CC1. The first-order valence-corrected chi connectivity index (χ1v) is 7.09. The smallest absolute Gasteiger partial charge is 0.0445 e. The van der Waals surface area contributed by atoms with Crippen LogP contribution >= 0.6 is 0 Å². The highest BCUT2D eigenvalue weighted by atomic mass is 15.1. The van der Waals surface area contributed by atoms with Gasteiger partial charge < -0.3 is 10.2 Å². The molecular formula is C15H25N3. The summed E-state index contributed by atoms with van der Waals surface area (Å²) in [5, 5.41) is 3.24. The molecule has 2 rings (SSSR count). The van der Waals surface area contributed by atoms with Crippen LogP contribution in [0.2, 0.25) is 0 Å². The molecule has 0 saturated carbocycles. The molecule has 0 aromatic carbocycles. The number of nitrogens with one attached hydrogen (secondary N) is 1. The zero-order chi connectivity index (χ0) is 13.0. The molecule has 0 spiro atoms. The molecule has 1 saturated heterocycles. The van der Waals surface area contributed by atoms with E-state index in [4.69, 9.17) is 0 Å². The summed E-state index contributed by atoms with van der Waals surface area (Å²) in [7, 11) is 1.99. The van der Waals surface area contributed by atoms with Crippen molar-refractivity contribution in [2.45, 2.75) is 39.7 Å². The third-order valence-electron chi connectivity index (χ3n) is 4.00. The first-order chi connectivity index (χ1) is 8.74. The van der Waals surface area contributed by atoms with Gasteiger partial charge in [0, 0.05) is 42.8 Å². The van der Waals surface area contributed by atoms with Crippen molar-refractivity contribution in [1.29, 1.82) is 0 Å². The number of hydrogen-bond acceptors (Lipinski definition) is 3. The molecular weight excluding hydrogens is 222 g/mol. The van der Waals surface area contributed by atoms with Gasteiger partial charge in [0.1, 0.15) is 0 Å². The quantitative estimate of drug-likeness (QED) is 0.886. The standard InChI is InChI=1S/C15H25N3/c1-4-13-5-7-18(8-6-13)15-9-12(2)17-11-14(15)10-16-3/h9,11,13,16H,4-8,10H2,1-3H3. The van der Waals surface area contributed by atoms with Crippen LogP contribution in [0.25, 0.3) is 0 Å². The van der Waals surface area contributed by atoms with Crippen molar-refractivity contribution >= 4 is 5.69 Å². The van der Waals surface area contributed by atoms with Crippen LogP contribution in [0.1, 0.15) is 37.4 Å². The number of aryl methyl sites for hydroxylation is 1. The van der Waals surface area contributed by atoms with E-state index in [9.17, 15) is 0 Å². The lowest BCUT2D eigenvalue weighted by atomic mass is 9.94. The lowest BCUT2D eigenvalue weighted by molar-refractivity contribution is 0.394. The fourth-order valence-corrected chi connectivity index (χ4v) is 2.78. The Labute approximate surface area is 111 Å². The van der Waals surface area contributed by atoms with Crippen LogP contribution in [0, 0.1) is 12.8 Å². The van der Waals surface area contributed by atoms with E-state index < -0.39 is 0 Å². The monoisotopic (exact) mass is 247 g/mol. The van der Waals surface area contributed by atoms with E-state index >= 15 is 0 Å². The number of anilines is 1. The van der Waals surface area contributed by atoms with Crippen molar-refractivity contribution in [2.24, 2.45) is 5.92 Å². The highest BCUT2D eigenvalue weighted by Crippen LogP contribution is 2.27. The molecule has 2 heterocycles.